The number of aliphatic hydroxyl groups is 1. The van der Waals surface area contributed by atoms with Gasteiger partial charge in [0.1, 0.15) is 0 Å². The number of aromatic nitrogens is 2. The van der Waals surface area contributed by atoms with Crippen LogP contribution in [0, 0.1) is 0 Å². The van der Waals surface area contributed by atoms with Crippen LogP contribution in [0.2, 0.25) is 0 Å². The van der Waals surface area contributed by atoms with Gasteiger partial charge < -0.3 is 9.67 Å². The van der Waals surface area contributed by atoms with Crippen molar-refractivity contribution in [3.05, 3.63) is 30.6 Å². The zero-order valence-corrected chi connectivity index (χ0v) is 8.22. The molecule has 14 heavy (non-hydrogen) atoms. The molecule has 0 bridgehead atoms. The predicted octanol–water partition coefficient (Wildman–Crippen LogP) is 1.81. The lowest BCUT2D eigenvalue weighted by molar-refractivity contribution is 0.151. The van der Waals surface area contributed by atoms with Gasteiger partial charge in [0.25, 0.3) is 0 Å². The maximum atomic E-state index is 9.54. The first-order valence-corrected chi connectivity index (χ1v) is 4.89. The van der Waals surface area contributed by atoms with E-state index in [0.29, 0.717) is 6.54 Å². The lowest BCUT2D eigenvalue weighted by atomic mass is 10.2. The molecule has 1 N–H and O–H groups in total. The summed E-state index contributed by atoms with van der Waals surface area (Å²) in [5, 5.41) is 9.54. The highest BCUT2D eigenvalue weighted by molar-refractivity contribution is 5.74. The van der Waals surface area contributed by atoms with E-state index in [2.05, 4.69) is 4.98 Å². The van der Waals surface area contributed by atoms with Crippen molar-refractivity contribution in [2.45, 2.75) is 26.0 Å². The molecule has 0 fully saturated rings. The third-order valence-corrected chi connectivity index (χ3v) is 2.41. The Kier molecular flexibility index (Phi) is 2.50. The Bertz CT molecular complexity index is 422. The van der Waals surface area contributed by atoms with Crippen LogP contribution in [-0.4, -0.2) is 20.8 Å². The number of benzene rings is 1. The molecule has 3 nitrogen and oxygen atoms in total. The molecule has 0 spiro atoms. The van der Waals surface area contributed by atoms with Gasteiger partial charge in [-0.15, -0.1) is 0 Å². The first-order valence-electron chi connectivity index (χ1n) is 4.89. The molecule has 0 aliphatic rings. The van der Waals surface area contributed by atoms with Crippen LogP contribution < -0.4 is 0 Å². The third-order valence-electron chi connectivity index (χ3n) is 2.41. The topological polar surface area (TPSA) is 38.0 Å². The van der Waals surface area contributed by atoms with Crippen LogP contribution in [-0.2, 0) is 6.54 Å². The van der Waals surface area contributed by atoms with E-state index in [1.165, 1.54) is 0 Å². The van der Waals surface area contributed by atoms with Crippen molar-refractivity contribution in [2.75, 3.05) is 0 Å². The van der Waals surface area contributed by atoms with E-state index in [-0.39, 0.29) is 6.10 Å². The van der Waals surface area contributed by atoms with Crippen LogP contribution in [0.1, 0.15) is 13.3 Å². The molecule has 0 saturated heterocycles. The van der Waals surface area contributed by atoms with Crippen LogP contribution in [0.25, 0.3) is 11.0 Å². The number of hydrogen-bond acceptors (Lipinski definition) is 2. The van der Waals surface area contributed by atoms with E-state index in [1.807, 2.05) is 35.8 Å². The van der Waals surface area contributed by atoms with Crippen molar-refractivity contribution in [3.63, 3.8) is 0 Å². The number of aliphatic hydroxyl groups excluding tert-OH is 1. The second-order valence-electron chi connectivity index (χ2n) is 3.45. The van der Waals surface area contributed by atoms with E-state index < -0.39 is 0 Å². The minimum atomic E-state index is -0.285. The molecule has 0 aliphatic heterocycles. The van der Waals surface area contributed by atoms with Crippen molar-refractivity contribution in [2.24, 2.45) is 0 Å². The summed E-state index contributed by atoms with van der Waals surface area (Å²) < 4.78 is 1.99. The van der Waals surface area contributed by atoms with Crippen LogP contribution in [0.4, 0.5) is 0 Å². The highest BCUT2D eigenvalue weighted by atomic mass is 16.3. The van der Waals surface area contributed by atoms with E-state index in [4.69, 9.17) is 0 Å². The number of imidazole rings is 1. The Morgan fingerprint density at radius 3 is 3.00 bits per heavy atom. The highest BCUT2D eigenvalue weighted by Gasteiger charge is 2.05. The quantitative estimate of drug-likeness (QED) is 0.801. The normalized spacial score (nSPS) is 13.3. The Morgan fingerprint density at radius 1 is 1.43 bits per heavy atom. The molecule has 2 aromatic rings. The van der Waals surface area contributed by atoms with E-state index in [0.717, 1.165) is 17.5 Å². The Hall–Kier alpha value is -1.35. The predicted molar refractivity (Wildman–Crippen MR) is 56.0 cm³/mol. The van der Waals surface area contributed by atoms with E-state index in [1.54, 1.807) is 6.33 Å². The molecule has 0 saturated carbocycles. The summed E-state index contributed by atoms with van der Waals surface area (Å²) in [5.41, 5.74) is 2.07. The summed E-state index contributed by atoms with van der Waals surface area (Å²) in [6.07, 6.45) is 2.27. The number of fused-ring (bicyclic) bond motifs is 1. The van der Waals surface area contributed by atoms with Crippen molar-refractivity contribution >= 4 is 11.0 Å². The van der Waals surface area contributed by atoms with Gasteiger partial charge in [0.15, 0.2) is 0 Å². The van der Waals surface area contributed by atoms with Gasteiger partial charge in [0.05, 0.1) is 30.0 Å². The highest BCUT2D eigenvalue weighted by Crippen LogP contribution is 2.12. The maximum Gasteiger partial charge on any atom is 0.0959 e. The van der Waals surface area contributed by atoms with E-state index in [9.17, 15) is 5.11 Å². The fraction of sp³-hybridized carbons (Fsp3) is 0.364. The minimum Gasteiger partial charge on any atom is -0.391 e. The van der Waals surface area contributed by atoms with Gasteiger partial charge in [-0.1, -0.05) is 19.1 Å². The second-order valence-corrected chi connectivity index (χ2v) is 3.45. The van der Waals surface area contributed by atoms with Gasteiger partial charge in [-0.25, -0.2) is 4.98 Å². The molecule has 0 aliphatic carbocycles. The van der Waals surface area contributed by atoms with Crippen molar-refractivity contribution < 1.29 is 5.11 Å². The largest absolute Gasteiger partial charge is 0.391 e. The fourth-order valence-corrected chi connectivity index (χ4v) is 1.51. The average Bonchev–Trinajstić information content (AvgIpc) is 2.62. The SMILES string of the molecule is CCC(O)Cn1cnc2ccccc21. The van der Waals surface area contributed by atoms with Crippen LogP contribution in [0.15, 0.2) is 30.6 Å². The average molecular weight is 190 g/mol. The molecule has 1 unspecified atom stereocenters. The Morgan fingerprint density at radius 2 is 2.21 bits per heavy atom. The van der Waals surface area contributed by atoms with Gasteiger partial charge in [-0.2, -0.15) is 0 Å². The summed E-state index contributed by atoms with van der Waals surface area (Å²) >= 11 is 0. The van der Waals surface area contributed by atoms with Crippen LogP contribution in [0.5, 0.6) is 0 Å². The summed E-state index contributed by atoms with van der Waals surface area (Å²) in [7, 11) is 0. The number of hydrogen-bond donors (Lipinski definition) is 1. The third kappa shape index (κ3) is 1.63. The van der Waals surface area contributed by atoms with Crippen LogP contribution >= 0.6 is 0 Å². The second kappa shape index (κ2) is 3.80. The lowest BCUT2D eigenvalue weighted by Gasteiger charge is -2.08. The standard InChI is InChI=1S/C11H14N2O/c1-2-9(14)7-13-8-12-10-5-3-4-6-11(10)13/h3-6,8-9,14H,2,7H2,1H3. The molecule has 1 heterocycles. The lowest BCUT2D eigenvalue weighted by Crippen LogP contribution is -2.13. The summed E-state index contributed by atoms with van der Waals surface area (Å²) in [6, 6.07) is 7.95. The smallest absolute Gasteiger partial charge is 0.0959 e. The Labute approximate surface area is 83.0 Å². The molecule has 74 valence electrons. The summed E-state index contributed by atoms with van der Waals surface area (Å²) in [4.78, 5) is 4.26. The molecular weight excluding hydrogens is 176 g/mol. The van der Waals surface area contributed by atoms with Gasteiger partial charge in [-0.05, 0) is 18.6 Å². The number of para-hydroxylation sites is 2. The minimum absolute atomic E-state index is 0.285. The number of nitrogens with zero attached hydrogens (tertiary/aromatic N) is 2. The number of rotatable bonds is 3. The molecular formula is C11H14N2O. The first-order chi connectivity index (χ1) is 6.81. The summed E-state index contributed by atoms with van der Waals surface area (Å²) in [5.74, 6) is 0. The molecule has 1 aromatic carbocycles. The van der Waals surface area contributed by atoms with Gasteiger partial charge >= 0.3 is 0 Å². The molecule has 1 aromatic heterocycles. The van der Waals surface area contributed by atoms with Crippen molar-refractivity contribution in [1.82, 2.24) is 9.55 Å². The van der Waals surface area contributed by atoms with Crippen molar-refractivity contribution in [3.8, 4) is 0 Å². The molecule has 0 amide bonds. The van der Waals surface area contributed by atoms with Crippen LogP contribution in [0.3, 0.4) is 0 Å². The maximum absolute atomic E-state index is 9.54. The summed E-state index contributed by atoms with van der Waals surface area (Å²) in [6.45, 7) is 2.60. The van der Waals surface area contributed by atoms with Crippen molar-refractivity contribution in [1.29, 1.82) is 0 Å². The van der Waals surface area contributed by atoms with Gasteiger partial charge in [0, 0.05) is 0 Å². The molecule has 3 heteroatoms. The van der Waals surface area contributed by atoms with E-state index >= 15 is 0 Å². The van der Waals surface area contributed by atoms with Gasteiger partial charge in [-0.3, -0.25) is 0 Å². The zero-order chi connectivity index (χ0) is 9.97. The first kappa shape index (κ1) is 9.21. The Balaban J connectivity index is 2.33. The fourth-order valence-electron chi connectivity index (χ4n) is 1.51. The zero-order valence-electron chi connectivity index (χ0n) is 8.22. The monoisotopic (exact) mass is 190 g/mol. The van der Waals surface area contributed by atoms with Gasteiger partial charge in [0.2, 0.25) is 0 Å². The molecule has 2 rings (SSSR count). The molecule has 1 atom stereocenters. The molecule has 0 radical (unpaired) electrons.